The molecule has 0 radical (unpaired) electrons. The number of halogens is 1. The van der Waals surface area contributed by atoms with E-state index < -0.39 is 34.3 Å². The molecule has 0 aliphatic heterocycles. The molecule has 41 heavy (non-hydrogen) atoms. The second-order valence-corrected chi connectivity index (χ2v) is 12.6. The standard InChI is InChI=1S/C32H38FN3O4S/c1-23-11-10-16-30(24(23)2)36(41(39,40)29-14-8-5-9-15-29)22-31(37)35(21-26-17-19-27(33)20-18-26)25(3)32(38)34-28-12-6-4-7-13-28/h5,8-11,14-20,25,28H,4,6-7,12-13,21-22H2,1-3H3,(H,34,38). The lowest BCUT2D eigenvalue weighted by Gasteiger charge is -2.33. The smallest absolute Gasteiger partial charge is 0.264 e. The molecule has 1 unspecified atom stereocenters. The van der Waals surface area contributed by atoms with Crippen LogP contribution in [-0.4, -0.2) is 43.8 Å². The van der Waals surface area contributed by atoms with Crippen LogP contribution in [0.15, 0.2) is 77.7 Å². The summed E-state index contributed by atoms with van der Waals surface area (Å²) in [6.45, 7) is 4.85. The van der Waals surface area contributed by atoms with Gasteiger partial charge in [0.15, 0.2) is 0 Å². The van der Waals surface area contributed by atoms with Gasteiger partial charge in [0.2, 0.25) is 11.8 Å². The van der Waals surface area contributed by atoms with Crippen molar-refractivity contribution in [1.29, 1.82) is 0 Å². The zero-order valence-corrected chi connectivity index (χ0v) is 24.7. The maximum atomic E-state index is 14.1. The zero-order chi connectivity index (χ0) is 29.6. The maximum Gasteiger partial charge on any atom is 0.264 e. The number of carbonyl (C=O) groups is 2. The maximum absolute atomic E-state index is 14.1. The fourth-order valence-electron chi connectivity index (χ4n) is 5.18. The molecule has 0 aromatic heterocycles. The lowest BCUT2D eigenvalue weighted by atomic mass is 9.95. The van der Waals surface area contributed by atoms with E-state index in [1.165, 1.54) is 29.2 Å². The van der Waals surface area contributed by atoms with Crippen molar-refractivity contribution in [2.45, 2.75) is 76.4 Å². The van der Waals surface area contributed by atoms with Crippen molar-refractivity contribution in [3.05, 3.63) is 95.3 Å². The SMILES string of the molecule is Cc1cccc(N(CC(=O)N(Cc2ccc(F)cc2)C(C)C(=O)NC2CCCCC2)S(=O)(=O)c2ccccc2)c1C. The van der Waals surface area contributed by atoms with Gasteiger partial charge in [-0.05, 0) is 80.6 Å². The van der Waals surface area contributed by atoms with Crippen LogP contribution in [-0.2, 0) is 26.2 Å². The number of benzene rings is 3. The Balaban J connectivity index is 1.69. The molecule has 1 atom stereocenters. The zero-order valence-electron chi connectivity index (χ0n) is 23.8. The number of amides is 2. The van der Waals surface area contributed by atoms with Crippen LogP contribution >= 0.6 is 0 Å². The molecular weight excluding hydrogens is 541 g/mol. The summed E-state index contributed by atoms with van der Waals surface area (Å²) in [7, 11) is -4.13. The van der Waals surface area contributed by atoms with Gasteiger partial charge in [-0.3, -0.25) is 13.9 Å². The summed E-state index contributed by atoms with van der Waals surface area (Å²) < 4.78 is 42.7. The first-order valence-electron chi connectivity index (χ1n) is 14.1. The molecule has 2 amide bonds. The van der Waals surface area contributed by atoms with Gasteiger partial charge in [-0.1, -0.05) is 61.7 Å². The minimum atomic E-state index is -4.13. The van der Waals surface area contributed by atoms with Gasteiger partial charge in [-0.2, -0.15) is 0 Å². The molecule has 3 aromatic carbocycles. The quantitative estimate of drug-likeness (QED) is 0.344. The molecule has 218 valence electrons. The number of sulfonamides is 1. The second-order valence-electron chi connectivity index (χ2n) is 10.7. The summed E-state index contributed by atoms with van der Waals surface area (Å²) in [4.78, 5) is 28.9. The van der Waals surface area contributed by atoms with Gasteiger partial charge in [0, 0.05) is 12.6 Å². The highest BCUT2D eigenvalue weighted by molar-refractivity contribution is 7.92. The number of aryl methyl sites for hydroxylation is 1. The molecule has 1 fully saturated rings. The van der Waals surface area contributed by atoms with Crippen LogP contribution in [0.2, 0.25) is 0 Å². The third kappa shape index (κ3) is 7.33. The predicted molar refractivity (Wildman–Crippen MR) is 158 cm³/mol. The lowest BCUT2D eigenvalue weighted by Crippen LogP contribution is -2.53. The first-order chi connectivity index (χ1) is 19.6. The van der Waals surface area contributed by atoms with E-state index >= 15 is 0 Å². The number of carbonyl (C=O) groups excluding carboxylic acids is 2. The van der Waals surface area contributed by atoms with Gasteiger partial charge < -0.3 is 10.2 Å². The van der Waals surface area contributed by atoms with E-state index in [1.807, 2.05) is 19.9 Å². The van der Waals surface area contributed by atoms with Crippen molar-refractivity contribution in [2.75, 3.05) is 10.8 Å². The average molecular weight is 580 g/mol. The van der Waals surface area contributed by atoms with Gasteiger partial charge in [-0.25, -0.2) is 12.8 Å². The molecule has 9 heteroatoms. The number of rotatable bonds is 10. The second kappa shape index (κ2) is 13.3. The summed E-state index contributed by atoms with van der Waals surface area (Å²) in [6, 6.07) is 18.2. The van der Waals surface area contributed by atoms with E-state index in [4.69, 9.17) is 0 Å². The first-order valence-corrected chi connectivity index (χ1v) is 15.5. The monoisotopic (exact) mass is 579 g/mol. The fourth-order valence-corrected chi connectivity index (χ4v) is 6.67. The van der Waals surface area contributed by atoms with Gasteiger partial charge in [0.25, 0.3) is 10.0 Å². The van der Waals surface area contributed by atoms with Gasteiger partial charge >= 0.3 is 0 Å². The summed E-state index contributed by atoms with van der Waals surface area (Å²) in [5, 5.41) is 3.08. The molecule has 1 aliphatic rings. The van der Waals surface area contributed by atoms with E-state index in [1.54, 1.807) is 49.4 Å². The molecule has 1 N–H and O–H groups in total. The molecule has 0 saturated heterocycles. The van der Waals surface area contributed by atoms with Crippen LogP contribution < -0.4 is 9.62 Å². The molecule has 7 nitrogen and oxygen atoms in total. The number of nitrogens with zero attached hydrogens (tertiary/aromatic N) is 2. The van der Waals surface area contributed by atoms with Gasteiger partial charge in [0.1, 0.15) is 18.4 Å². The Kier molecular flexibility index (Phi) is 9.81. The Hall–Kier alpha value is -3.72. The van der Waals surface area contributed by atoms with Crippen molar-refractivity contribution in [3.63, 3.8) is 0 Å². The van der Waals surface area contributed by atoms with Crippen LogP contribution in [0.4, 0.5) is 10.1 Å². The number of nitrogens with one attached hydrogen (secondary N) is 1. The van der Waals surface area contributed by atoms with Crippen LogP contribution in [0, 0.1) is 19.7 Å². The molecule has 1 aliphatic carbocycles. The third-order valence-electron chi connectivity index (χ3n) is 7.84. The molecule has 4 rings (SSSR count). The average Bonchev–Trinajstić information content (AvgIpc) is 2.97. The predicted octanol–water partition coefficient (Wildman–Crippen LogP) is 5.50. The van der Waals surface area contributed by atoms with E-state index in [9.17, 15) is 22.4 Å². The van der Waals surface area contributed by atoms with E-state index in [2.05, 4.69) is 5.32 Å². The van der Waals surface area contributed by atoms with Crippen LogP contribution in [0.25, 0.3) is 0 Å². The number of anilines is 1. The molecule has 3 aromatic rings. The largest absolute Gasteiger partial charge is 0.352 e. The highest BCUT2D eigenvalue weighted by Crippen LogP contribution is 2.29. The first kappa shape index (κ1) is 30.2. The van der Waals surface area contributed by atoms with E-state index in [-0.39, 0.29) is 23.4 Å². The Morgan fingerprint density at radius 1 is 0.927 bits per heavy atom. The Bertz CT molecular complexity index is 1460. The minimum Gasteiger partial charge on any atom is -0.352 e. The van der Waals surface area contributed by atoms with E-state index in [0.29, 0.717) is 11.3 Å². The minimum absolute atomic E-state index is 0.0182. The Morgan fingerprint density at radius 3 is 2.24 bits per heavy atom. The Morgan fingerprint density at radius 2 is 1.59 bits per heavy atom. The number of hydrogen-bond donors (Lipinski definition) is 1. The summed E-state index contributed by atoms with van der Waals surface area (Å²) in [5.74, 6) is -1.25. The molecule has 0 bridgehead atoms. The van der Waals surface area contributed by atoms with Crippen molar-refractivity contribution in [2.24, 2.45) is 0 Å². The van der Waals surface area contributed by atoms with E-state index in [0.717, 1.165) is 47.5 Å². The molecule has 0 heterocycles. The van der Waals surface area contributed by atoms with Crippen molar-refractivity contribution in [1.82, 2.24) is 10.2 Å². The lowest BCUT2D eigenvalue weighted by molar-refractivity contribution is -0.139. The summed E-state index contributed by atoms with van der Waals surface area (Å²) in [6.07, 6.45) is 5.00. The van der Waals surface area contributed by atoms with Crippen LogP contribution in [0.5, 0.6) is 0 Å². The van der Waals surface area contributed by atoms with Gasteiger partial charge in [-0.15, -0.1) is 0 Å². The fraction of sp³-hybridized carbons (Fsp3) is 0.375. The van der Waals surface area contributed by atoms with Crippen molar-refractivity contribution >= 4 is 27.5 Å². The van der Waals surface area contributed by atoms with Crippen LogP contribution in [0.3, 0.4) is 0 Å². The van der Waals surface area contributed by atoms with Gasteiger partial charge in [0.05, 0.1) is 10.6 Å². The Labute approximate surface area is 242 Å². The van der Waals surface area contributed by atoms with Crippen molar-refractivity contribution in [3.8, 4) is 0 Å². The summed E-state index contributed by atoms with van der Waals surface area (Å²) in [5.41, 5.74) is 2.63. The molecule has 1 saturated carbocycles. The number of hydrogen-bond acceptors (Lipinski definition) is 4. The third-order valence-corrected chi connectivity index (χ3v) is 9.61. The molecule has 0 spiro atoms. The topological polar surface area (TPSA) is 86.8 Å². The highest BCUT2D eigenvalue weighted by Gasteiger charge is 2.33. The molecular formula is C32H38FN3O4S. The normalized spacial score (nSPS) is 14.7. The highest BCUT2D eigenvalue weighted by atomic mass is 32.2. The van der Waals surface area contributed by atoms with Crippen LogP contribution in [0.1, 0.15) is 55.7 Å². The van der Waals surface area contributed by atoms with Crippen molar-refractivity contribution < 1.29 is 22.4 Å². The summed E-state index contributed by atoms with van der Waals surface area (Å²) >= 11 is 0.